The Kier molecular flexibility index (Phi) is 12.5. The summed E-state index contributed by atoms with van der Waals surface area (Å²) < 4.78 is 17.9. The first-order valence-corrected chi connectivity index (χ1v) is 20.1. The van der Waals surface area contributed by atoms with Gasteiger partial charge in [-0.2, -0.15) is 0 Å². The zero-order valence-corrected chi connectivity index (χ0v) is 32.1. The third-order valence-electron chi connectivity index (χ3n) is 8.73. The third-order valence-corrected chi connectivity index (χ3v) is 15.7. The lowest BCUT2D eigenvalue weighted by atomic mass is 10.0. The lowest BCUT2D eigenvalue weighted by Crippen LogP contribution is -2.85. The van der Waals surface area contributed by atoms with E-state index in [2.05, 4.69) is 29.6 Å². The van der Waals surface area contributed by atoms with Crippen LogP contribution in [0.15, 0.2) is 48.5 Å². The van der Waals surface area contributed by atoms with Crippen LogP contribution in [-0.2, 0) is 44.8 Å². The van der Waals surface area contributed by atoms with Gasteiger partial charge in [0.15, 0.2) is 8.24 Å². The van der Waals surface area contributed by atoms with Crippen molar-refractivity contribution in [1.82, 2.24) is 9.88 Å². The predicted octanol–water partition coefficient (Wildman–Crippen LogP) is 5.61. The number of nitrogens with one attached hydrogen (secondary N) is 1. The number of nitro benzene ring substituents is 1. The number of non-ortho nitro benzene ring substituents is 1. The number of ether oxygens (including phenoxy) is 3. The van der Waals surface area contributed by atoms with Gasteiger partial charge < -0.3 is 24.1 Å². The van der Waals surface area contributed by atoms with E-state index < -0.39 is 71.7 Å². The molecule has 1 fully saturated rings. The van der Waals surface area contributed by atoms with Gasteiger partial charge >= 0.3 is 11.9 Å². The molecule has 0 aromatic heterocycles. The zero-order chi connectivity index (χ0) is 37.8. The normalized spacial score (nSPS) is 18.5. The van der Waals surface area contributed by atoms with Gasteiger partial charge in [-0.05, 0) is 60.7 Å². The summed E-state index contributed by atoms with van der Waals surface area (Å²) in [5.41, 5.74) is 0.600. The van der Waals surface area contributed by atoms with Crippen molar-refractivity contribution in [1.29, 1.82) is 0 Å². The minimum Gasteiger partial charge on any atom is -0.460 e. The summed E-state index contributed by atoms with van der Waals surface area (Å²) in [6, 6.07) is 13.8. The molecule has 1 aromatic rings. The minimum absolute atomic E-state index is 0.0987. The fraction of sp³-hybridized carbons (Fsp3) is 0.514. The molecule has 0 radical (unpaired) electrons. The first-order valence-electron chi connectivity index (χ1n) is 16.1. The van der Waals surface area contributed by atoms with E-state index in [0.717, 1.165) is 11.8 Å². The number of fused-ring (bicyclic) bond motifs is 1. The summed E-state index contributed by atoms with van der Waals surface area (Å²) in [6.45, 7) is 16.1. The Labute approximate surface area is 298 Å². The van der Waals surface area contributed by atoms with Crippen molar-refractivity contribution in [3.05, 3.63) is 64.2 Å². The Bertz CT molecular complexity index is 1620. The van der Waals surface area contributed by atoms with Crippen molar-refractivity contribution < 1.29 is 43.1 Å². The van der Waals surface area contributed by atoms with Crippen LogP contribution in [0.2, 0.25) is 18.1 Å². The molecule has 1 aliphatic heterocycles. The number of hydrogen-bond donors (Lipinski definition) is 1. The molecule has 2 amide bonds. The highest BCUT2D eigenvalue weighted by atomic mass is 32.2. The smallest absolute Gasteiger partial charge is 0.375 e. The maximum atomic E-state index is 13.6. The van der Waals surface area contributed by atoms with Crippen LogP contribution in [0.4, 0.5) is 5.69 Å². The Morgan fingerprint density at radius 1 is 1.04 bits per heavy atom. The SMILES string of the molecule is CO[C@@]1(NC(C)=O)C(=O)N([Si](C)(C)C(C)(C)C)[C@@H]1SCC(CC(=O)OC(C)(C)C)C(=O)C(=O)OCc1ccc([N+](=O)[O-])cc1.c1cc2cc-2c1. The summed E-state index contributed by atoms with van der Waals surface area (Å²) in [5.74, 6) is -5.05. The maximum Gasteiger partial charge on any atom is 0.375 e. The molecule has 1 unspecified atom stereocenters. The molecule has 0 spiro atoms. The van der Waals surface area contributed by atoms with Crippen molar-refractivity contribution >= 4 is 55.2 Å². The molecule has 272 valence electrons. The van der Waals surface area contributed by atoms with Crippen molar-refractivity contribution in [2.75, 3.05) is 12.9 Å². The van der Waals surface area contributed by atoms with Gasteiger partial charge in [0, 0.05) is 37.8 Å². The number of ketones is 1. The Balaban J connectivity index is 0.000000996. The average molecular weight is 730 g/mol. The topological polar surface area (TPSA) is 171 Å². The molecule has 1 saturated heterocycles. The number of nitro groups is 1. The van der Waals surface area contributed by atoms with Gasteiger partial charge in [0.1, 0.15) is 17.6 Å². The van der Waals surface area contributed by atoms with E-state index in [-0.39, 0.29) is 23.1 Å². The lowest BCUT2D eigenvalue weighted by molar-refractivity contribution is -0.384. The highest BCUT2D eigenvalue weighted by Crippen LogP contribution is 2.50. The van der Waals surface area contributed by atoms with E-state index in [4.69, 9.17) is 14.2 Å². The van der Waals surface area contributed by atoms with Crippen molar-refractivity contribution in [3.8, 4) is 11.1 Å². The molecule has 2 aliphatic carbocycles. The summed E-state index contributed by atoms with van der Waals surface area (Å²) in [4.78, 5) is 75.1. The maximum absolute atomic E-state index is 13.6. The number of esters is 2. The van der Waals surface area contributed by atoms with Crippen LogP contribution < -0.4 is 5.32 Å². The third kappa shape index (κ3) is 9.57. The van der Waals surface area contributed by atoms with Gasteiger partial charge in [0.2, 0.25) is 17.4 Å². The molecular weight excluding hydrogens is 683 g/mol. The summed E-state index contributed by atoms with van der Waals surface area (Å²) in [5, 5.41) is 12.5. The highest BCUT2D eigenvalue weighted by Gasteiger charge is 2.68. The van der Waals surface area contributed by atoms with Crippen molar-refractivity contribution in [2.24, 2.45) is 5.92 Å². The number of thioether (sulfide) groups is 1. The van der Waals surface area contributed by atoms with Gasteiger partial charge in [-0.15, -0.1) is 11.8 Å². The molecular formula is C35H47N3O10SSi. The average Bonchev–Trinajstić information content (AvgIpc) is 3.61. The van der Waals surface area contributed by atoms with Gasteiger partial charge in [-0.25, -0.2) is 4.79 Å². The number of benzene rings is 2. The Morgan fingerprint density at radius 3 is 2.04 bits per heavy atom. The molecule has 3 aliphatic rings. The quantitative estimate of drug-likeness (QED) is 0.0441. The van der Waals surface area contributed by atoms with Crippen molar-refractivity contribution in [2.45, 2.75) is 96.3 Å². The highest BCUT2D eigenvalue weighted by molar-refractivity contribution is 8.00. The number of carbonyl (C=O) groups is 5. The Hall–Kier alpha value is -4.08. The van der Waals surface area contributed by atoms with Gasteiger partial charge in [0.25, 0.3) is 11.6 Å². The van der Waals surface area contributed by atoms with E-state index in [9.17, 15) is 34.1 Å². The Morgan fingerprint density at radius 2 is 1.62 bits per heavy atom. The predicted molar refractivity (Wildman–Crippen MR) is 191 cm³/mol. The molecule has 4 rings (SSSR count). The van der Waals surface area contributed by atoms with Crippen LogP contribution in [-0.4, -0.2) is 76.8 Å². The number of Topliss-reactive ketones (excluding diaryl/α,β-unsaturated/α-hetero) is 1. The van der Waals surface area contributed by atoms with Gasteiger partial charge in [0.05, 0.1) is 11.3 Å². The second kappa shape index (κ2) is 15.4. The number of carbonyl (C=O) groups excluding carboxylic acids is 5. The molecule has 1 N–H and O–H groups in total. The molecule has 3 atom stereocenters. The molecule has 13 nitrogen and oxygen atoms in total. The van der Waals surface area contributed by atoms with Gasteiger partial charge in [-0.3, -0.25) is 29.3 Å². The lowest BCUT2D eigenvalue weighted by Gasteiger charge is -2.62. The van der Waals surface area contributed by atoms with E-state index in [0.29, 0.717) is 5.56 Å². The first-order chi connectivity index (χ1) is 23.0. The second-order valence-corrected chi connectivity index (χ2v) is 20.9. The first kappa shape index (κ1) is 40.3. The second-order valence-electron chi connectivity index (χ2n) is 14.7. The van der Waals surface area contributed by atoms with Crippen LogP contribution in [0.3, 0.4) is 0 Å². The van der Waals surface area contributed by atoms with Crippen LogP contribution in [0.25, 0.3) is 11.1 Å². The number of methoxy groups -OCH3 is 1. The zero-order valence-electron chi connectivity index (χ0n) is 30.3. The van der Waals surface area contributed by atoms with Crippen LogP contribution in [0.1, 0.15) is 60.5 Å². The largest absolute Gasteiger partial charge is 0.460 e. The minimum atomic E-state index is -2.53. The number of β-lactam (4-membered cyclic amide) rings is 1. The standard InChI is InChI=1S/C29H43N3O10SSi.C6H4/c1-18(33)30-29(40-8)25(37)31(44(9,10)28(5,6)7)26(29)43-17-20(15-22(34)42-27(2,3)4)23(35)24(36)41-16-19-11-13-21(14-12-19)32(38)39;1-2-5-4-6(5)3-1/h11-14,20,26H,15-17H2,1-10H3,(H,30,33);1-4H/t20?,26-,29+;/m1./s1. The number of amides is 2. The molecule has 0 saturated carbocycles. The molecule has 1 aromatic carbocycles. The van der Waals surface area contributed by atoms with Crippen LogP contribution >= 0.6 is 11.8 Å². The monoisotopic (exact) mass is 729 g/mol. The number of nitrogens with zero attached hydrogens (tertiary/aromatic N) is 2. The van der Waals surface area contributed by atoms with E-state index in [1.807, 2.05) is 33.9 Å². The summed E-state index contributed by atoms with van der Waals surface area (Å²) in [7, 11) is -1.22. The van der Waals surface area contributed by atoms with Gasteiger partial charge in [-0.1, -0.05) is 52.1 Å². The van der Waals surface area contributed by atoms with E-state index in [1.165, 1.54) is 49.4 Å². The van der Waals surface area contributed by atoms with Crippen molar-refractivity contribution in [3.63, 3.8) is 0 Å². The number of rotatable bonds is 13. The molecule has 1 heterocycles. The van der Waals surface area contributed by atoms with Crippen LogP contribution in [0, 0.1) is 16.0 Å². The van der Waals surface area contributed by atoms with E-state index >= 15 is 0 Å². The molecule has 0 bridgehead atoms. The fourth-order valence-electron chi connectivity index (χ4n) is 5.02. The van der Waals surface area contributed by atoms with E-state index in [1.54, 1.807) is 25.3 Å². The summed E-state index contributed by atoms with van der Waals surface area (Å²) >= 11 is 1.12. The fourth-order valence-corrected chi connectivity index (χ4v) is 9.62. The number of hydrogen-bond acceptors (Lipinski definition) is 11. The molecule has 15 heteroatoms. The van der Waals surface area contributed by atoms with Crippen LogP contribution in [0.5, 0.6) is 0 Å². The summed E-state index contributed by atoms with van der Waals surface area (Å²) in [6.07, 6.45) is -0.434. The molecule has 50 heavy (non-hydrogen) atoms.